The number of hydrogen-bond acceptors (Lipinski definition) is 6. The molecule has 0 unspecified atom stereocenters. The van der Waals surface area contributed by atoms with Gasteiger partial charge in [0.15, 0.2) is 10.3 Å². The van der Waals surface area contributed by atoms with Crippen LogP contribution in [0.2, 0.25) is 0 Å². The first-order chi connectivity index (χ1) is 16.0. The summed E-state index contributed by atoms with van der Waals surface area (Å²) in [5, 5.41) is 12.6. The monoisotopic (exact) mass is 475 g/mol. The van der Waals surface area contributed by atoms with Crippen LogP contribution in [0.4, 0.5) is 10.8 Å². The minimum absolute atomic E-state index is 0.0462. The minimum Gasteiger partial charge on any atom is -0.274 e. The van der Waals surface area contributed by atoms with Crippen molar-refractivity contribution in [2.24, 2.45) is 0 Å². The maximum atomic E-state index is 12.5. The molecule has 0 atom stereocenters. The topological polar surface area (TPSA) is 63.9 Å². The minimum atomic E-state index is -0.0462. The van der Waals surface area contributed by atoms with E-state index < -0.39 is 0 Å². The summed E-state index contributed by atoms with van der Waals surface area (Å²) in [7, 11) is 0. The number of para-hydroxylation sites is 1. The number of thiazole rings is 1. The summed E-state index contributed by atoms with van der Waals surface area (Å²) >= 11 is 3.11. The Balaban J connectivity index is 1.39. The van der Waals surface area contributed by atoms with Crippen LogP contribution in [0.25, 0.3) is 5.69 Å². The molecule has 1 aliphatic rings. The summed E-state index contributed by atoms with van der Waals surface area (Å²) in [5.74, 6) is 2.15. The molecule has 2 aromatic carbocycles. The van der Waals surface area contributed by atoms with Gasteiger partial charge in [-0.15, -0.1) is 21.5 Å². The zero-order valence-electron chi connectivity index (χ0n) is 18.9. The van der Waals surface area contributed by atoms with E-state index in [1.54, 1.807) is 23.6 Å². The Morgan fingerprint density at radius 2 is 1.91 bits per heavy atom. The van der Waals surface area contributed by atoms with Crippen LogP contribution in [-0.4, -0.2) is 25.7 Å². The highest BCUT2D eigenvalue weighted by atomic mass is 32.2. The Bertz CT molecular complexity index is 1290. The second-order valence-electron chi connectivity index (χ2n) is 8.27. The highest BCUT2D eigenvalue weighted by Gasteiger charge is 2.31. The van der Waals surface area contributed by atoms with Gasteiger partial charge in [-0.25, -0.2) is 4.98 Å². The van der Waals surface area contributed by atoms with Gasteiger partial charge in [-0.05, 0) is 56.0 Å². The Morgan fingerprint density at radius 1 is 1.12 bits per heavy atom. The van der Waals surface area contributed by atoms with Crippen molar-refractivity contribution < 1.29 is 4.79 Å². The van der Waals surface area contributed by atoms with Crippen LogP contribution in [0.3, 0.4) is 0 Å². The lowest BCUT2D eigenvalue weighted by atomic mass is 10.1. The fourth-order valence-electron chi connectivity index (χ4n) is 3.79. The van der Waals surface area contributed by atoms with Crippen molar-refractivity contribution in [3.05, 3.63) is 76.6 Å². The predicted molar refractivity (Wildman–Crippen MR) is 134 cm³/mol. The van der Waals surface area contributed by atoms with Gasteiger partial charge in [-0.2, -0.15) is 0 Å². The molecule has 1 fully saturated rings. The molecule has 1 amide bonds. The lowest BCUT2D eigenvalue weighted by Crippen LogP contribution is -2.23. The van der Waals surface area contributed by atoms with Crippen LogP contribution in [0.15, 0.2) is 59.1 Å². The van der Waals surface area contributed by atoms with E-state index >= 15 is 0 Å². The quantitative estimate of drug-likeness (QED) is 0.298. The zero-order valence-corrected chi connectivity index (χ0v) is 20.5. The number of aromatic nitrogens is 4. The number of amides is 1. The van der Waals surface area contributed by atoms with E-state index in [0.717, 1.165) is 39.2 Å². The summed E-state index contributed by atoms with van der Waals surface area (Å²) in [4.78, 5) is 19.0. The highest BCUT2D eigenvalue weighted by Crippen LogP contribution is 2.41. The first kappa shape index (κ1) is 21.9. The van der Waals surface area contributed by atoms with Crippen molar-refractivity contribution in [3.63, 3.8) is 0 Å². The molecule has 0 N–H and O–H groups in total. The summed E-state index contributed by atoms with van der Waals surface area (Å²) in [6.07, 6.45) is 2.34. The van der Waals surface area contributed by atoms with Crippen molar-refractivity contribution in [2.75, 3.05) is 4.90 Å². The molecule has 0 saturated heterocycles. The van der Waals surface area contributed by atoms with Gasteiger partial charge < -0.3 is 0 Å². The second-order valence-corrected chi connectivity index (χ2v) is 10.0. The average Bonchev–Trinajstić information content (AvgIpc) is 3.40. The SMILES string of the molecule is CC(=O)N(c1nc(CSc2nnc(C3CC3)n2-c2ccccc2)cs1)c1cccc(C)c1C. The van der Waals surface area contributed by atoms with Crippen molar-refractivity contribution >= 4 is 39.8 Å². The van der Waals surface area contributed by atoms with Gasteiger partial charge in [0.05, 0.1) is 11.4 Å². The zero-order chi connectivity index (χ0) is 22.9. The van der Waals surface area contributed by atoms with E-state index in [4.69, 9.17) is 4.98 Å². The van der Waals surface area contributed by atoms with Crippen LogP contribution in [-0.2, 0) is 10.5 Å². The first-order valence-corrected chi connectivity index (χ1v) is 12.8. The molecule has 6 nitrogen and oxygen atoms in total. The number of hydrogen-bond donors (Lipinski definition) is 0. The van der Waals surface area contributed by atoms with E-state index in [1.807, 2.05) is 42.6 Å². The number of thioether (sulfide) groups is 1. The van der Waals surface area contributed by atoms with Gasteiger partial charge in [0.1, 0.15) is 5.82 Å². The molecule has 1 aliphatic carbocycles. The number of aryl methyl sites for hydroxylation is 1. The number of carbonyl (C=O) groups is 1. The van der Waals surface area contributed by atoms with Crippen molar-refractivity contribution in [3.8, 4) is 5.69 Å². The Morgan fingerprint density at radius 3 is 2.64 bits per heavy atom. The number of carbonyl (C=O) groups excluding carboxylic acids is 1. The first-order valence-electron chi connectivity index (χ1n) is 11.0. The molecule has 1 saturated carbocycles. The molecule has 33 heavy (non-hydrogen) atoms. The Hall–Kier alpha value is -2.97. The molecule has 0 spiro atoms. The molecular formula is C25H25N5OS2. The van der Waals surface area contributed by atoms with Gasteiger partial charge >= 0.3 is 0 Å². The van der Waals surface area contributed by atoms with Gasteiger partial charge in [-0.3, -0.25) is 14.3 Å². The second kappa shape index (κ2) is 9.11. The molecule has 5 rings (SSSR count). The van der Waals surface area contributed by atoms with Crippen molar-refractivity contribution in [1.29, 1.82) is 0 Å². The summed E-state index contributed by atoms with van der Waals surface area (Å²) in [5.41, 5.74) is 5.13. The Kier molecular flexibility index (Phi) is 6.03. The number of nitrogens with zero attached hydrogens (tertiary/aromatic N) is 5. The van der Waals surface area contributed by atoms with Crippen molar-refractivity contribution in [1.82, 2.24) is 19.7 Å². The summed E-state index contributed by atoms with van der Waals surface area (Å²) in [6, 6.07) is 16.3. The third kappa shape index (κ3) is 4.45. The molecule has 8 heteroatoms. The van der Waals surface area contributed by atoms with Gasteiger partial charge in [0.25, 0.3) is 0 Å². The third-order valence-electron chi connectivity index (χ3n) is 5.83. The van der Waals surface area contributed by atoms with Crippen LogP contribution >= 0.6 is 23.1 Å². The molecule has 0 bridgehead atoms. The lowest BCUT2D eigenvalue weighted by molar-refractivity contribution is -0.115. The largest absolute Gasteiger partial charge is 0.274 e. The van der Waals surface area contributed by atoms with Gasteiger partial charge in [0.2, 0.25) is 5.91 Å². The average molecular weight is 476 g/mol. The Labute approximate surface area is 201 Å². The van der Waals surface area contributed by atoms with E-state index in [1.165, 1.54) is 24.2 Å². The van der Waals surface area contributed by atoms with Crippen LogP contribution in [0.1, 0.15) is 48.3 Å². The molecular weight excluding hydrogens is 450 g/mol. The summed E-state index contributed by atoms with van der Waals surface area (Å²) < 4.78 is 2.17. The lowest BCUT2D eigenvalue weighted by Gasteiger charge is -2.21. The molecule has 0 aliphatic heterocycles. The fourth-order valence-corrected chi connectivity index (χ4v) is 5.63. The van der Waals surface area contributed by atoms with E-state index in [2.05, 4.69) is 39.9 Å². The molecule has 4 aromatic rings. The van der Waals surface area contributed by atoms with E-state index in [9.17, 15) is 4.79 Å². The number of benzene rings is 2. The van der Waals surface area contributed by atoms with Crippen molar-refractivity contribution in [2.45, 2.75) is 50.4 Å². The standard InChI is InChI=1S/C25H25N5OS2/c1-16-8-7-11-22(17(16)2)29(18(3)31)24-26-20(14-32-24)15-33-25-28-27-23(19-12-13-19)30(25)21-9-5-4-6-10-21/h4-11,14,19H,12-13,15H2,1-3H3. The van der Waals surface area contributed by atoms with Crippen LogP contribution < -0.4 is 4.90 Å². The number of anilines is 2. The number of rotatable bonds is 7. The predicted octanol–water partition coefficient (Wildman–Crippen LogP) is 6.19. The summed E-state index contributed by atoms with van der Waals surface area (Å²) in [6.45, 7) is 5.68. The van der Waals surface area contributed by atoms with E-state index in [0.29, 0.717) is 16.8 Å². The van der Waals surface area contributed by atoms with Gasteiger partial charge in [-0.1, -0.05) is 42.1 Å². The van der Waals surface area contributed by atoms with Crippen LogP contribution in [0.5, 0.6) is 0 Å². The maximum Gasteiger partial charge on any atom is 0.230 e. The highest BCUT2D eigenvalue weighted by molar-refractivity contribution is 7.98. The third-order valence-corrected chi connectivity index (χ3v) is 7.66. The van der Waals surface area contributed by atoms with Crippen LogP contribution in [0, 0.1) is 13.8 Å². The maximum absolute atomic E-state index is 12.5. The fraction of sp³-hybridized carbons (Fsp3) is 0.280. The normalized spacial score (nSPS) is 13.3. The molecule has 0 radical (unpaired) electrons. The molecule has 2 heterocycles. The molecule has 2 aromatic heterocycles. The van der Waals surface area contributed by atoms with Gasteiger partial charge in [0, 0.05) is 29.7 Å². The smallest absolute Gasteiger partial charge is 0.230 e. The molecule has 168 valence electrons. The van der Waals surface area contributed by atoms with E-state index in [-0.39, 0.29) is 5.91 Å².